The van der Waals surface area contributed by atoms with E-state index < -0.39 is 0 Å². The molecule has 0 aliphatic carbocycles. The van der Waals surface area contributed by atoms with E-state index >= 15 is 0 Å². The summed E-state index contributed by atoms with van der Waals surface area (Å²) < 4.78 is 12.4. The first-order chi connectivity index (χ1) is 11.5. The van der Waals surface area contributed by atoms with E-state index in [0.29, 0.717) is 16.7 Å². The third-order valence-corrected chi connectivity index (χ3v) is 4.27. The molecule has 0 atom stereocenters. The molecule has 0 bridgehead atoms. The van der Waals surface area contributed by atoms with E-state index in [1.54, 1.807) is 18.7 Å². The van der Waals surface area contributed by atoms with Crippen LogP contribution in [-0.4, -0.2) is 28.8 Å². The summed E-state index contributed by atoms with van der Waals surface area (Å²) in [7, 11) is 3.24. The molecule has 5 nitrogen and oxygen atoms in total. The lowest BCUT2D eigenvalue weighted by molar-refractivity contribution is 0.355. The summed E-state index contributed by atoms with van der Waals surface area (Å²) in [6, 6.07) is 7.65. The summed E-state index contributed by atoms with van der Waals surface area (Å²) >= 11 is 6.40. The molecule has 2 aromatic heterocycles. The number of nitrogens with zero attached hydrogens (tertiary/aromatic N) is 3. The fourth-order valence-electron chi connectivity index (χ4n) is 2.73. The molecule has 0 saturated carbocycles. The quantitative estimate of drug-likeness (QED) is 0.653. The summed E-state index contributed by atoms with van der Waals surface area (Å²) in [6.45, 7) is 6.13. The van der Waals surface area contributed by atoms with Gasteiger partial charge in [-0.15, -0.1) is 0 Å². The average molecular weight is 346 g/mol. The number of hydrogen-bond acceptors (Lipinski definition) is 4. The molecule has 3 aromatic rings. The maximum atomic E-state index is 6.40. The van der Waals surface area contributed by atoms with Gasteiger partial charge in [0.15, 0.2) is 17.1 Å². The van der Waals surface area contributed by atoms with Crippen molar-refractivity contribution in [3.05, 3.63) is 40.8 Å². The van der Waals surface area contributed by atoms with Gasteiger partial charge in [0.05, 0.1) is 19.9 Å². The van der Waals surface area contributed by atoms with Crippen molar-refractivity contribution in [1.29, 1.82) is 0 Å². The van der Waals surface area contributed by atoms with Crippen molar-refractivity contribution >= 4 is 17.2 Å². The lowest BCUT2D eigenvalue weighted by atomic mass is 10.0. The van der Waals surface area contributed by atoms with Crippen molar-refractivity contribution in [2.75, 3.05) is 14.2 Å². The number of benzene rings is 1. The number of rotatable bonds is 4. The van der Waals surface area contributed by atoms with E-state index in [1.807, 2.05) is 31.2 Å². The normalized spacial score (nSPS) is 11.3. The van der Waals surface area contributed by atoms with Crippen LogP contribution in [0, 0.1) is 6.92 Å². The van der Waals surface area contributed by atoms with Crippen LogP contribution < -0.4 is 9.47 Å². The first-order valence-corrected chi connectivity index (χ1v) is 8.12. The Morgan fingerprint density at radius 1 is 1.08 bits per heavy atom. The molecule has 0 spiro atoms. The van der Waals surface area contributed by atoms with Crippen LogP contribution >= 0.6 is 11.6 Å². The second kappa shape index (κ2) is 6.32. The second-order valence-corrected chi connectivity index (χ2v) is 6.31. The van der Waals surface area contributed by atoms with E-state index in [9.17, 15) is 0 Å². The number of aryl methyl sites for hydroxylation is 1. The van der Waals surface area contributed by atoms with Gasteiger partial charge in [-0.1, -0.05) is 31.5 Å². The highest BCUT2D eigenvalue weighted by molar-refractivity contribution is 6.29. The fraction of sp³-hybridized carbons (Fsp3) is 0.333. The Balaban J connectivity index is 2.28. The molecular weight excluding hydrogens is 326 g/mol. The molecule has 0 aliphatic rings. The van der Waals surface area contributed by atoms with Crippen LogP contribution in [0.5, 0.6) is 11.5 Å². The maximum Gasteiger partial charge on any atom is 0.165 e. The Labute approximate surface area is 146 Å². The highest BCUT2D eigenvalue weighted by Crippen LogP contribution is 2.36. The number of ether oxygens (including phenoxy) is 2. The first kappa shape index (κ1) is 16.6. The SMILES string of the molecule is COc1ccc(-c2c(C)nn3c(Cl)cc(C(C)C)nc23)cc1OC. The molecule has 1 aromatic carbocycles. The Morgan fingerprint density at radius 3 is 2.42 bits per heavy atom. The van der Waals surface area contributed by atoms with Gasteiger partial charge in [-0.25, -0.2) is 9.50 Å². The molecule has 0 N–H and O–H groups in total. The molecule has 24 heavy (non-hydrogen) atoms. The van der Waals surface area contributed by atoms with Crippen molar-refractivity contribution < 1.29 is 9.47 Å². The van der Waals surface area contributed by atoms with E-state index in [2.05, 4.69) is 18.9 Å². The number of hydrogen-bond donors (Lipinski definition) is 0. The highest BCUT2D eigenvalue weighted by Gasteiger charge is 2.18. The summed E-state index contributed by atoms with van der Waals surface area (Å²) in [5.41, 5.74) is 4.45. The van der Waals surface area contributed by atoms with E-state index in [-0.39, 0.29) is 5.92 Å². The van der Waals surface area contributed by atoms with Crippen LogP contribution in [0.2, 0.25) is 5.15 Å². The third-order valence-electron chi connectivity index (χ3n) is 4.00. The van der Waals surface area contributed by atoms with Gasteiger partial charge in [-0.2, -0.15) is 5.10 Å². The highest BCUT2D eigenvalue weighted by atomic mass is 35.5. The largest absolute Gasteiger partial charge is 0.493 e. The van der Waals surface area contributed by atoms with Crippen LogP contribution in [0.15, 0.2) is 24.3 Å². The van der Waals surface area contributed by atoms with Gasteiger partial charge in [0.2, 0.25) is 0 Å². The fourth-order valence-corrected chi connectivity index (χ4v) is 2.96. The smallest absolute Gasteiger partial charge is 0.165 e. The molecule has 3 rings (SSSR count). The lowest BCUT2D eigenvalue weighted by Crippen LogP contribution is -1.99. The number of fused-ring (bicyclic) bond motifs is 1. The Hall–Kier alpha value is -2.27. The van der Waals surface area contributed by atoms with Gasteiger partial charge >= 0.3 is 0 Å². The van der Waals surface area contributed by atoms with Gasteiger partial charge in [0.25, 0.3) is 0 Å². The Morgan fingerprint density at radius 2 is 1.79 bits per heavy atom. The second-order valence-electron chi connectivity index (χ2n) is 5.92. The Kier molecular flexibility index (Phi) is 4.37. The van der Waals surface area contributed by atoms with Crippen LogP contribution in [0.1, 0.15) is 31.2 Å². The van der Waals surface area contributed by atoms with Crippen molar-refractivity contribution in [2.45, 2.75) is 26.7 Å². The summed E-state index contributed by atoms with van der Waals surface area (Å²) in [6.07, 6.45) is 0. The summed E-state index contributed by atoms with van der Waals surface area (Å²) in [5.74, 6) is 1.63. The first-order valence-electron chi connectivity index (χ1n) is 7.74. The number of aromatic nitrogens is 3. The third kappa shape index (κ3) is 2.69. The number of methoxy groups -OCH3 is 2. The van der Waals surface area contributed by atoms with Gasteiger partial charge < -0.3 is 9.47 Å². The summed E-state index contributed by atoms with van der Waals surface area (Å²) in [4.78, 5) is 4.77. The molecule has 126 valence electrons. The molecule has 2 heterocycles. The van der Waals surface area contributed by atoms with Crippen LogP contribution in [0.3, 0.4) is 0 Å². The zero-order chi connectivity index (χ0) is 17.4. The minimum atomic E-state index is 0.279. The zero-order valence-corrected chi connectivity index (χ0v) is 15.2. The van der Waals surface area contributed by atoms with Gasteiger partial charge in [-0.3, -0.25) is 0 Å². The van der Waals surface area contributed by atoms with Gasteiger partial charge in [0, 0.05) is 11.3 Å². The lowest BCUT2D eigenvalue weighted by Gasteiger charge is -2.10. The molecule has 0 radical (unpaired) electrons. The van der Waals surface area contributed by atoms with Gasteiger partial charge in [0.1, 0.15) is 5.15 Å². The minimum Gasteiger partial charge on any atom is -0.493 e. The van der Waals surface area contributed by atoms with Crippen LogP contribution in [0.25, 0.3) is 16.8 Å². The Bertz CT molecular complexity index is 903. The average Bonchev–Trinajstić information content (AvgIpc) is 2.90. The predicted octanol–water partition coefficient (Wildman–Crippen LogP) is 4.50. The maximum absolute atomic E-state index is 6.40. The van der Waals surface area contributed by atoms with Crippen molar-refractivity contribution in [3.63, 3.8) is 0 Å². The molecule has 0 fully saturated rings. The van der Waals surface area contributed by atoms with Crippen molar-refractivity contribution in [1.82, 2.24) is 14.6 Å². The van der Waals surface area contributed by atoms with Crippen LogP contribution in [0.4, 0.5) is 0 Å². The molecule has 6 heteroatoms. The molecule has 0 unspecified atom stereocenters. The predicted molar refractivity (Wildman–Crippen MR) is 95.4 cm³/mol. The van der Waals surface area contributed by atoms with Crippen LogP contribution in [-0.2, 0) is 0 Å². The zero-order valence-electron chi connectivity index (χ0n) is 14.4. The molecule has 0 amide bonds. The van der Waals surface area contributed by atoms with Crippen molar-refractivity contribution in [2.24, 2.45) is 0 Å². The molecular formula is C18H20ClN3O2. The monoisotopic (exact) mass is 345 g/mol. The molecule has 0 saturated heterocycles. The van der Waals surface area contributed by atoms with E-state index in [1.165, 1.54) is 0 Å². The van der Waals surface area contributed by atoms with E-state index in [0.717, 1.165) is 28.2 Å². The van der Waals surface area contributed by atoms with Crippen molar-refractivity contribution in [3.8, 4) is 22.6 Å². The standard InChI is InChI=1S/C18H20ClN3O2/c1-10(2)13-9-16(19)22-18(20-13)17(11(3)21-22)12-6-7-14(23-4)15(8-12)24-5/h6-10H,1-5H3. The summed E-state index contributed by atoms with van der Waals surface area (Å²) in [5, 5.41) is 5.09. The topological polar surface area (TPSA) is 48.7 Å². The van der Waals surface area contributed by atoms with Gasteiger partial charge in [-0.05, 0) is 36.6 Å². The minimum absolute atomic E-state index is 0.279. The number of halogens is 1. The molecule has 0 aliphatic heterocycles. The van der Waals surface area contributed by atoms with E-state index in [4.69, 9.17) is 26.1 Å².